The van der Waals surface area contributed by atoms with Crippen molar-refractivity contribution in [3.63, 3.8) is 0 Å². The highest BCUT2D eigenvalue weighted by molar-refractivity contribution is 5.73. The van der Waals surface area contributed by atoms with Gasteiger partial charge in [0.1, 0.15) is 6.23 Å². The van der Waals surface area contributed by atoms with Crippen LogP contribution in [0.4, 0.5) is 5.69 Å². The molecule has 1 saturated carbocycles. The molecule has 232 valence electrons. The van der Waals surface area contributed by atoms with Crippen molar-refractivity contribution in [2.45, 2.75) is 84.8 Å². The molecule has 5 rings (SSSR count). The number of ether oxygens (including phenoxy) is 1. The number of benzene rings is 2. The summed E-state index contributed by atoms with van der Waals surface area (Å²) in [6, 6.07) is 15.9. The molecule has 5 N–H and O–H groups in total. The number of nitrogens with two attached hydrogens (primary N) is 1. The Labute approximate surface area is 256 Å². The maximum absolute atomic E-state index is 12.6. The lowest BCUT2D eigenvalue weighted by Crippen LogP contribution is -2.41. The van der Waals surface area contributed by atoms with Gasteiger partial charge in [0.2, 0.25) is 0 Å². The van der Waals surface area contributed by atoms with Gasteiger partial charge in [-0.2, -0.15) is 0 Å². The van der Waals surface area contributed by atoms with Crippen LogP contribution in [-0.4, -0.2) is 59.9 Å². The van der Waals surface area contributed by atoms with Crippen LogP contribution in [0.3, 0.4) is 0 Å². The smallest absolute Gasteiger partial charge is 0.252 e. The van der Waals surface area contributed by atoms with Gasteiger partial charge in [0.15, 0.2) is 0 Å². The SMILES string of the molecule is CCN(c1cc(-c2ccc(CN3CCOCC3)cc2)cc(C(O)NCc2c(C)cc(C)[nH]c2=O)c1C)C1CCC(N)CC1. The third-order valence-electron chi connectivity index (χ3n) is 9.31. The first-order chi connectivity index (χ1) is 20.7. The van der Waals surface area contributed by atoms with Crippen molar-refractivity contribution in [3.8, 4) is 11.1 Å². The van der Waals surface area contributed by atoms with Gasteiger partial charge in [0.05, 0.1) is 13.2 Å². The molecule has 0 bridgehead atoms. The Balaban J connectivity index is 1.46. The van der Waals surface area contributed by atoms with E-state index < -0.39 is 6.23 Å². The number of aromatic nitrogens is 1. The van der Waals surface area contributed by atoms with E-state index in [0.29, 0.717) is 11.6 Å². The molecule has 8 heteroatoms. The molecule has 43 heavy (non-hydrogen) atoms. The molecule has 2 heterocycles. The molecule has 3 aromatic rings. The van der Waals surface area contributed by atoms with E-state index in [1.165, 1.54) is 5.56 Å². The maximum Gasteiger partial charge on any atom is 0.252 e. The van der Waals surface area contributed by atoms with E-state index in [9.17, 15) is 9.90 Å². The number of aliphatic hydroxyl groups is 1. The predicted molar refractivity (Wildman–Crippen MR) is 174 cm³/mol. The number of nitrogens with zero attached hydrogens (tertiary/aromatic N) is 2. The Kier molecular flexibility index (Phi) is 10.4. The summed E-state index contributed by atoms with van der Waals surface area (Å²) in [7, 11) is 0. The third-order valence-corrected chi connectivity index (χ3v) is 9.31. The van der Waals surface area contributed by atoms with Gasteiger partial charge in [-0.15, -0.1) is 0 Å². The Bertz CT molecular complexity index is 1420. The number of aliphatic hydroxyl groups excluding tert-OH is 1. The number of aryl methyl sites for hydroxylation is 2. The molecule has 0 radical (unpaired) electrons. The summed E-state index contributed by atoms with van der Waals surface area (Å²) < 4.78 is 5.51. The zero-order valence-corrected chi connectivity index (χ0v) is 26.3. The second-order valence-electron chi connectivity index (χ2n) is 12.4. The van der Waals surface area contributed by atoms with E-state index in [4.69, 9.17) is 10.5 Å². The van der Waals surface area contributed by atoms with Crippen molar-refractivity contribution in [1.29, 1.82) is 0 Å². The molecule has 8 nitrogen and oxygen atoms in total. The lowest BCUT2D eigenvalue weighted by Gasteiger charge is -2.38. The van der Waals surface area contributed by atoms with Gasteiger partial charge in [-0.1, -0.05) is 24.3 Å². The number of aromatic amines is 1. The topological polar surface area (TPSA) is 107 Å². The fraction of sp³-hybridized carbons (Fsp3) is 0.514. The molecule has 1 aromatic heterocycles. The number of pyridine rings is 1. The summed E-state index contributed by atoms with van der Waals surface area (Å²) in [5.74, 6) is 0. The van der Waals surface area contributed by atoms with E-state index in [1.807, 2.05) is 19.9 Å². The number of nitrogens with one attached hydrogen (secondary N) is 2. The van der Waals surface area contributed by atoms with Crippen LogP contribution in [0, 0.1) is 20.8 Å². The quantitative estimate of drug-likeness (QED) is 0.255. The predicted octanol–water partition coefficient (Wildman–Crippen LogP) is 4.68. The monoisotopic (exact) mass is 587 g/mol. The van der Waals surface area contributed by atoms with Crippen molar-refractivity contribution in [3.05, 3.63) is 86.3 Å². The van der Waals surface area contributed by atoms with Gasteiger partial charge in [-0.3, -0.25) is 15.0 Å². The van der Waals surface area contributed by atoms with Gasteiger partial charge in [-0.05, 0) is 99.4 Å². The van der Waals surface area contributed by atoms with Gasteiger partial charge in [-0.25, -0.2) is 0 Å². The maximum atomic E-state index is 12.6. The molecule has 1 saturated heterocycles. The average molecular weight is 588 g/mol. The van der Waals surface area contributed by atoms with Crippen LogP contribution >= 0.6 is 0 Å². The third kappa shape index (κ3) is 7.56. The van der Waals surface area contributed by atoms with Crippen molar-refractivity contribution in [1.82, 2.24) is 15.2 Å². The summed E-state index contributed by atoms with van der Waals surface area (Å²) in [6.07, 6.45) is 3.27. The molecule has 0 spiro atoms. The van der Waals surface area contributed by atoms with Gasteiger partial charge in [0, 0.05) is 67.3 Å². The summed E-state index contributed by atoms with van der Waals surface area (Å²) in [5, 5.41) is 14.8. The molecule has 1 aliphatic carbocycles. The molecule has 2 aromatic carbocycles. The molecule has 0 amide bonds. The summed E-state index contributed by atoms with van der Waals surface area (Å²) in [6.45, 7) is 13.7. The molecular weight excluding hydrogens is 538 g/mol. The second-order valence-corrected chi connectivity index (χ2v) is 12.4. The number of rotatable bonds is 10. The fourth-order valence-electron chi connectivity index (χ4n) is 6.74. The first kappa shape index (κ1) is 31.4. The number of hydrogen-bond donors (Lipinski definition) is 4. The highest BCUT2D eigenvalue weighted by Crippen LogP contribution is 2.36. The largest absolute Gasteiger partial charge is 0.379 e. The van der Waals surface area contributed by atoms with E-state index in [-0.39, 0.29) is 18.1 Å². The van der Waals surface area contributed by atoms with Gasteiger partial charge >= 0.3 is 0 Å². The molecule has 1 aliphatic heterocycles. The molecule has 2 fully saturated rings. The minimum Gasteiger partial charge on any atom is -0.379 e. The minimum absolute atomic E-state index is 0.117. The Hall–Kier alpha value is -3.01. The van der Waals surface area contributed by atoms with Crippen LogP contribution in [0.2, 0.25) is 0 Å². The standard InChI is InChI=1S/C35H49N5O3/c1-5-40(30-12-10-29(36)11-13-30)33-20-28(27-8-6-26(7-9-27)22-39-14-16-43-17-15-39)19-31(25(33)4)34(41)37-21-32-23(2)18-24(3)38-35(32)42/h6-9,18-20,29-30,34,37,41H,5,10-17,21-22,36H2,1-4H3,(H,38,42). The zero-order chi connectivity index (χ0) is 30.5. The lowest BCUT2D eigenvalue weighted by atomic mass is 9.89. The highest BCUT2D eigenvalue weighted by Gasteiger charge is 2.27. The van der Waals surface area contributed by atoms with Crippen LogP contribution in [0.1, 0.15) is 72.3 Å². The highest BCUT2D eigenvalue weighted by atomic mass is 16.5. The second kappa shape index (κ2) is 14.2. The first-order valence-electron chi connectivity index (χ1n) is 15.9. The first-order valence-corrected chi connectivity index (χ1v) is 15.9. The van der Waals surface area contributed by atoms with Crippen LogP contribution in [0.15, 0.2) is 47.3 Å². The zero-order valence-electron chi connectivity index (χ0n) is 26.3. The van der Waals surface area contributed by atoms with E-state index >= 15 is 0 Å². The van der Waals surface area contributed by atoms with E-state index in [1.54, 1.807) is 0 Å². The molecule has 1 unspecified atom stereocenters. The lowest BCUT2D eigenvalue weighted by molar-refractivity contribution is 0.0342. The fourth-order valence-corrected chi connectivity index (χ4v) is 6.74. The molecular formula is C35H49N5O3. The van der Waals surface area contributed by atoms with Gasteiger partial charge < -0.3 is 25.5 Å². The Morgan fingerprint density at radius 3 is 2.40 bits per heavy atom. The van der Waals surface area contributed by atoms with Crippen molar-refractivity contribution in [2.24, 2.45) is 5.73 Å². The summed E-state index contributed by atoms with van der Waals surface area (Å²) in [4.78, 5) is 20.5. The normalized spacial score (nSPS) is 20.2. The van der Waals surface area contributed by atoms with Crippen LogP contribution in [0.5, 0.6) is 0 Å². The molecule has 1 atom stereocenters. The van der Waals surface area contributed by atoms with Crippen molar-refractivity contribution >= 4 is 5.69 Å². The average Bonchev–Trinajstić information content (AvgIpc) is 2.99. The van der Waals surface area contributed by atoms with E-state index in [0.717, 1.165) is 104 Å². The van der Waals surface area contributed by atoms with Crippen LogP contribution in [0.25, 0.3) is 11.1 Å². The Morgan fingerprint density at radius 1 is 1.05 bits per heavy atom. The Morgan fingerprint density at radius 2 is 1.74 bits per heavy atom. The number of morpholine rings is 1. The number of H-pyrrole nitrogens is 1. The van der Waals surface area contributed by atoms with Crippen LogP contribution < -0.4 is 21.5 Å². The minimum atomic E-state index is -0.933. The number of anilines is 1. The van der Waals surface area contributed by atoms with Crippen molar-refractivity contribution < 1.29 is 9.84 Å². The molecule has 2 aliphatic rings. The van der Waals surface area contributed by atoms with Gasteiger partial charge in [0.25, 0.3) is 5.56 Å². The summed E-state index contributed by atoms with van der Waals surface area (Å²) in [5.41, 5.74) is 15.0. The van der Waals surface area contributed by atoms with Crippen molar-refractivity contribution in [2.75, 3.05) is 37.7 Å². The number of hydrogen-bond acceptors (Lipinski definition) is 7. The van der Waals surface area contributed by atoms with Crippen LogP contribution in [-0.2, 0) is 17.8 Å². The summed E-state index contributed by atoms with van der Waals surface area (Å²) >= 11 is 0. The van der Waals surface area contributed by atoms with E-state index in [2.05, 4.69) is 70.3 Å².